The molecular weight excluding hydrogens is 254 g/mol. The van der Waals surface area contributed by atoms with E-state index in [1.807, 2.05) is 29.2 Å². The number of carbonyl (C=O) groups is 2. The number of carbonyl (C=O) groups excluding carboxylic acids is 2. The third-order valence-electron chi connectivity index (χ3n) is 3.31. The number of unbranched alkanes of at least 4 members (excludes halogenated alkanes) is 1. The van der Waals surface area contributed by atoms with Crippen LogP contribution in [-0.4, -0.2) is 31.4 Å². The molecule has 2 rings (SSSR count). The van der Waals surface area contributed by atoms with Crippen molar-refractivity contribution in [3.05, 3.63) is 24.3 Å². The van der Waals surface area contributed by atoms with E-state index in [9.17, 15) is 9.59 Å². The predicted molar refractivity (Wildman–Crippen MR) is 79.8 cm³/mol. The van der Waals surface area contributed by atoms with E-state index in [0.717, 1.165) is 30.8 Å². The highest BCUT2D eigenvalue weighted by Gasteiger charge is 2.19. The average molecular weight is 275 g/mol. The maximum Gasteiger partial charge on any atom is 0.239 e. The van der Waals surface area contributed by atoms with Crippen LogP contribution in [0.3, 0.4) is 0 Å². The van der Waals surface area contributed by atoms with E-state index in [0.29, 0.717) is 19.5 Å². The van der Waals surface area contributed by atoms with Crippen molar-refractivity contribution in [1.82, 2.24) is 5.32 Å². The fraction of sp³-hybridized carbons (Fsp3) is 0.467. The van der Waals surface area contributed by atoms with Gasteiger partial charge in [-0.3, -0.25) is 9.59 Å². The molecule has 1 aromatic carbocycles. The minimum atomic E-state index is 0.0170. The maximum absolute atomic E-state index is 11.9. The van der Waals surface area contributed by atoms with Gasteiger partial charge in [-0.1, -0.05) is 25.5 Å². The number of benzene rings is 1. The summed E-state index contributed by atoms with van der Waals surface area (Å²) in [6.45, 7) is 3.79. The molecule has 1 aliphatic heterocycles. The topological polar surface area (TPSA) is 61.4 Å². The quantitative estimate of drug-likeness (QED) is 0.860. The van der Waals surface area contributed by atoms with Crippen LogP contribution in [0.4, 0.5) is 11.4 Å². The van der Waals surface area contributed by atoms with Gasteiger partial charge in [0.2, 0.25) is 11.8 Å². The first kappa shape index (κ1) is 14.4. The zero-order valence-corrected chi connectivity index (χ0v) is 11.8. The molecule has 0 radical (unpaired) electrons. The number of nitrogens with zero attached hydrogens (tertiary/aromatic N) is 1. The summed E-state index contributed by atoms with van der Waals surface area (Å²) in [5.41, 5.74) is 1.69. The molecule has 5 heteroatoms. The monoisotopic (exact) mass is 275 g/mol. The second-order valence-electron chi connectivity index (χ2n) is 4.94. The molecule has 1 aromatic rings. The van der Waals surface area contributed by atoms with Crippen molar-refractivity contribution >= 4 is 23.2 Å². The Hall–Kier alpha value is -2.04. The fourth-order valence-electron chi connectivity index (χ4n) is 2.25. The number of hydrogen-bond acceptors (Lipinski definition) is 3. The Bertz CT molecular complexity index is 488. The summed E-state index contributed by atoms with van der Waals surface area (Å²) in [7, 11) is 0. The van der Waals surface area contributed by atoms with Crippen molar-refractivity contribution in [2.24, 2.45) is 0 Å². The number of nitrogens with one attached hydrogen (secondary N) is 2. The normalized spacial score (nSPS) is 14.8. The first-order chi connectivity index (χ1) is 9.70. The summed E-state index contributed by atoms with van der Waals surface area (Å²) >= 11 is 0. The summed E-state index contributed by atoms with van der Waals surface area (Å²) in [6, 6.07) is 7.63. The minimum absolute atomic E-state index is 0.0170. The second-order valence-corrected chi connectivity index (χ2v) is 4.94. The largest absolute Gasteiger partial charge is 0.359 e. The van der Waals surface area contributed by atoms with Crippen molar-refractivity contribution < 1.29 is 9.59 Å². The zero-order valence-electron chi connectivity index (χ0n) is 11.8. The number of para-hydroxylation sites is 2. The summed E-state index contributed by atoms with van der Waals surface area (Å²) in [5, 5.41) is 5.75. The molecule has 20 heavy (non-hydrogen) atoms. The van der Waals surface area contributed by atoms with E-state index >= 15 is 0 Å². The van der Waals surface area contributed by atoms with Crippen LogP contribution in [-0.2, 0) is 9.59 Å². The van der Waals surface area contributed by atoms with Gasteiger partial charge < -0.3 is 15.5 Å². The Morgan fingerprint density at radius 1 is 1.40 bits per heavy atom. The highest BCUT2D eigenvalue weighted by Crippen LogP contribution is 2.26. The average Bonchev–Trinajstić information content (AvgIpc) is 2.45. The summed E-state index contributed by atoms with van der Waals surface area (Å²) in [4.78, 5) is 25.3. The molecule has 0 aliphatic carbocycles. The van der Waals surface area contributed by atoms with E-state index in [4.69, 9.17) is 0 Å². The van der Waals surface area contributed by atoms with Gasteiger partial charge in [0, 0.05) is 19.5 Å². The van der Waals surface area contributed by atoms with Gasteiger partial charge in [0.05, 0.1) is 17.9 Å². The van der Waals surface area contributed by atoms with Crippen LogP contribution in [0.5, 0.6) is 0 Å². The Balaban J connectivity index is 2.09. The lowest BCUT2D eigenvalue weighted by Gasteiger charge is -2.30. The van der Waals surface area contributed by atoms with Crippen molar-refractivity contribution in [3.8, 4) is 0 Å². The molecule has 0 bridgehead atoms. The minimum Gasteiger partial charge on any atom is -0.359 e. The highest BCUT2D eigenvalue weighted by atomic mass is 16.2. The molecule has 108 valence electrons. The lowest BCUT2D eigenvalue weighted by Crippen LogP contribution is -2.47. The fourth-order valence-corrected chi connectivity index (χ4v) is 2.25. The zero-order chi connectivity index (χ0) is 14.4. The Morgan fingerprint density at radius 2 is 2.20 bits per heavy atom. The third kappa shape index (κ3) is 3.73. The van der Waals surface area contributed by atoms with Gasteiger partial charge in [-0.05, 0) is 18.6 Å². The van der Waals surface area contributed by atoms with Crippen LogP contribution in [0.15, 0.2) is 24.3 Å². The van der Waals surface area contributed by atoms with Gasteiger partial charge in [-0.15, -0.1) is 0 Å². The molecule has 2 amide bonds. The smallest absolute Gasteiger partial charge is 0.239 e. The van der Waals surface area contributed by atoms with Crippen LogP contribution >= 0.6 is 0 Å². The number of amides is 2. The number of anilines is 2. The second kappa shape index (κ2) is 6.93. The van der Waals surface area contributed by atoms with Gasteiger partial charge >= 0.3 is 0 Å². The van der Waals surface area contributed by atoms with Crippen LogP contribution < -0.4 is 15.5 Å². The molecular formula is C15H21N3O2. The number of piperazine rings is 1. The van der Waals surface area contributed by atoms with E-state index < -0.39 is 0 Å². The first-order valence-electron chi connectivity index (χ1n) is 7.11. The van der Waals surface area contributed by atoms with Gasteiger partial charge in [-0.2, -0.15) is 0 Å². The first-order valence-corrected chi connectivity index (χ1v) is 7.11. The van der Waals surface area contributed by atoms with Crippen LogP contribution in [0.1, 0.15) is 26.2 Å². The Kier molecular flexibility index (Phi) is 4.98. The number of rotatable bonds is 5. The lowest BCUT2D eigenvalue weighted by atomic mass is 10.2. The highest BCUT2D eigenvalue weighted by molar-refractivity contribution is 5.95. The molecule has 1 aliphatic rings. The van der Waals surface area contributed by atoms with Crippen LogP contribution in [0.25, 0.3) is 0 Å². The number of hydrogen-bond donors (Lipinski definition) is 2. The summed E-state index contributed by atoms with van der Waals surface area (Å²) in [6.07, 6.45) is 2.42. The third-order valence-corrected chi connectivity index (χ3v) is 3.31. The lowest BCUT2D eigenvalue weighted by molar-refractivity contribution is -0.120. The van der Waals surface area contributed by atoms with Gasteiger partial charge in [0.1, 0.15) is 0 Å². The van der Waals surface area contributed by atoms with Crippen molar-refractivity contribution in [2.45, 2.75) is 26.2 Å². The van der Waals surface area contributed by atoms with Crippen LogP contribution in [0.2, 0.25) is 0 Å². The van der Waals surface area contributed by atoms with Gasteiger partial charge in [0.15, 0.2) is 0 Å². The molecule has 1 saturated heterocycles. The maximum atomic E-state index is 11.9. The standard InChI is InChI=1S/C15H21N3O2/c1-2-3-8-14(19)17-12-6-4-5-7-13(12)18-10-9-16-15(20)11-18/h4-7H,2-3,8-11H2,1H3,(H,16,20)(H,17,19). The van der Waals surface area contributed by atoms with Gasteiger partial charge in [-0.25, -0.2) is 0 Å². The molecule has 0 unspecified atom stereocenters. The SMILES string of the molecule is CCCCC(=O)Nc1ccccc1N1CCNC(=O)C1. The molecule has 0 aromatic heterocycles. The van der Waals surface area contributed by atoms with Crippen molar-refractivity contribution in [3.63, 3.8) is 0 Å². The van der Waals surface area contributed by atoms with E-state index in [-0.39, 0.29) is 11.8 Å². The van der Waals surface area contributed by atoms with Crippen molar-refractivity contribution in [2.75, 3.05) is 29.9 Å². The van der Waals surface area contributed by atoms with Crippen molar-refractivity contribution in [1.29, 1.82) is 0 Å². The van der Waals surface area contributed by atoms with Gasteiger partial charge in [0.25, 0.3) is 0 Å². The Morgan fingerprint density at radius 3 is 2.95 bits per heavy atom. The summed E-state index contributed by atoms with van der Waals surface area (Å²) in [5.74, 6) is 0.0455. The van der Waals surface area contributed by atoms with E-state index in [2.05, 4.69) is 17.6 Å². The summed E-state index contributed by atoms with van der Waals surface area (Å²) < 4.78 is 0. The molecule has 5 nitrogen and oxygen atoms in total. The molecule has 0 saturated carbocycles. The van der Waals surface area contributed by atoms with Crippen LogP contribution in [0, 0.1) is 0 Å². The molecule has 2 N–H and O–H groups in total. The van der Waals surface area contributed by atoms with E-state index in [1.165, 1.54) is 0 Å². The molecule has 0 atom stereocenters. The molecule has 1 fully saturated rings. The Labute approximate surface area is 119 Å². The molecule has 0 spiro atoms. The van der Waals surface area contributed by atoms with E-state index in [1.54, 1.807) is 0 Å². The molecule has 1 heterocycles. The predicted octanol–water partition coefficient (Wildman–Crippen LogP) is 1.75.